The van der Waals surface area contributed by atoms with Crippen LogP contribution in [0.3, 0.4) is 0 Å². The van der Waals surface area contributed by atoms with Crippen molar-refractivity contribution in [1.29, 1.82) is 0 Å². The molecule has 0 saturated heterocycles. The van der Waals surface area contributed by atoms with Crippen LogP contribution in [0, 0.1) is 0 Å². The van der Waals surface area contributed by atoms with Crippen molar-refractivity contribution in [2.45, 2.75) is 25.4 Å². The van der Waals surface area contributed by atoms with Crippen LogP contribution in [-0.2, 0) is 4.74 Å². The summed E-state index contributed by atoms with van der Waals surface area (Å²) in [6.45, 7) is 5.86. The fourth-order valence-corrected chi connectivity index (χ4v) is 0.919. The summed E-state index contributed by atoms with van der Waals surface area (Å²) in [4.78, 5) is 0. The molecule has 0 spiro atoms. The minimum absolute atomic E-state index is 0.0972. The van der Waals surface area contributed by atoms with Crippen molar-refractivity contribution in [3.63, 3.8) is 0 Å². The lowest BCUT2D eigenvalue weighted by atomic mass is 10.2. The predicted octanol–water partition coefficient (Wildman–Crippen LogP) is 1.74. The zero-order valence-corrected chi connectivity index (χ0v) is 5.53. The van der Waals surface area contributed by atoms with E-state index in [1.807, 2.05) is 6.92 Å². The Bertz CT molecular complexity index is 112. The highest BCUT2D eigenvalue weighted by Crippen LogP contribution is 2.44. The summed E-state index contributed by atoms with van der Waals surface area (Å²) >= 11 is 0. The number of hydrogen-bond acceptors (Lipinski definition) is 1. The molecule has 1 rings (SSSR count). The number of rotatable bonds is 2. The Morgan fingerprint density at radius 3 is 2.12 bits per heavy atom. The van der Waals surface area contributed by atoms with Gasteiger partial charge in [-0.15, -0.1) is 0 Å². The van der Waals surface area contributed by atoms with E-state index in [0.717, 1.165) is 0 Å². The first-order chi connectivity index (χ1) is 3.71. The maximum atomic E-state index is 5.21. The SMILES string of the molecule is C=C(C)C1(OC)CC1. The third-order valence-electron chi connectivity index (χ3n) is 1.87. The van der Waals surface area contributed by atoms with Gasteiger partial charge in [0.1, 0.15) is 0 Å². The van der Waals surface area contributed by atoms with Crippen LogP contribution >= 0.6 is 0 Å². The molecule has 0 heterocycles. The highest BCUT2D eigenvalue weighted by molar-refractivity contribution is 5.19. The molecule has 1 aliphatic rings. The Labute approximate surface area is 50.3 Å². The van der Waals surface area contributed by atoms with E-state index in [1.165, 1.54) is 18.4 Å². The predicted molar refractivity (Wildman–Crippen MR) is 33.8 cm³/mol. The first-order valence-electron chi connectivity index (χ1n) is 2.92. The van der Waals surface area contributed by atoms with E-state index >= 15 is 0 Å². The molecule has 0 aromatic rings. The molecule has 0 unspecified atom stereocenters. The van der Waals surface area contributed by atoms with E-state index < -0.39 is 0 Å². The first kappa shape index (κ1) is 5.83. The summed E-state index contributed by atoms with van der Waals surface area (Å²) < 4.78 is 5.21. The van der Waals surface area contributed by atoms with Crippen molar-refractivity contribution in [3.8, 4) is 0 Å². The van der Waals surface area contributed by atoms with Crippen molar-refractivity contribution in [2.24, 2.45) is 0 Å². The molecular formula is C7H12O. The number of hydrogen-bond donors (Lipinski definition) is 0. The summed E-state index contributed by atoms with van der Waals surface area (Å²) in [5.74, 6) is 0. The Balaban J connectivity index is 2.53. The van der Waals surface area contributed by atoms with Crippen LogP contribution in [0.25, 0.3) is 0 Å². The van der Waals surface area contributed by atoms with E-state index in [-0.39, 0.29) is 5.60 Å². The van der Waals surface area contributed by atoms with Gasteiger partial charge in [0.05, 0.1) is 5.60 Å². The Morgan fingerprint density at radius 1 is 1.62 bits per heavy atom. The van der Waals surface area contributed by atoms with Crippen LogP contribution in [-0.4, -0.2) is 12.7 Å². The average Bonchev–Trinajstić information content (AvgIpc) is 2.44. The summed E-state index contributed by atoms with van der Waals surface area (Å²) in [7, 11) is 1.75. The largest absolute Gasteiger partial charge is 0.374 e. The third-order valence-corrected chi connectivity index (χ3v) is 1.87. The van der Waals surface area contributed by atoms with E-state index in [0.29, 0.717) is 0 Å². The van der Waals surface area contributed by atoms with Gasteiger partial charge in [0.15, 0.2) is 0 Å². The molecule has 0 aromatic carbocycles. The summed E-state index contributed by atoms with van der Waals surface area (Å²) in [6, 6.07) is 0. The van der Waals surface area contributed by atoms with Crippen LogP contribution in [0.2, 0.25) is 0 Å². The highest BCUT2D eigenvalue weighted by atomic mass is 16.5. The number of ether oxygens (including phenoxy) is 1. The standard InChI is InChI=1S/C7H12O/c1-6(2)7(8-3)4-5-7/h1,4-5H2,2-3H3. The Morgan fingerprint density at radius 2 is 2.12 bits per heavy atom. The van der Waals surface area contributed by atoms with Crippen molar-refractivity contribution in [1.82, 2.24) is 0 Å². The summed E-state index contributed by atoms with van der Waals surface area (Å²) in [6.07, 6.45) is 2.33. The molecule has 1 fully saturated rings. The normalized spacial score (nSPS) is 22.8. The van der Waals surface area contributed by atoms with Crippen LogP contribution in [0.1, 0.15) is 19.8 Å². The van der Waals surface area contributed by atoms with Gasteiger partial charge in [-0.3, -0.25) is 0 Å². The van der Waals surface area contributed by atoms with Crippen LogP contribution < -0.4 is 0 Å². The molecule has 1 saturated carbocycles. The summed E-state index contributed by atoms with van der Waals surface area (Å²) in [5, 5.41) is 0. The van der Waals surface area contributed by atoms with Gasteiger partial charge in [-0.1, -0.05) is 6.58 Å². The van der Waals surface area contributed by atoms with Gasteiger partial charge in [-0.25, -0.2) is 0 Å². The monoisotopic (exact) mass is 112 g/mol. The molecule has 1 aliphatic carbocycles. The van der Waals surface area contributed by atoms with E-state index in [2.05, 4.69) is 6.58 Å². The summed E-state index contributed by atoms with van der Waals surface area (Å²) in [5.41, 5.74) is 1.26. The van der Waals surface area contributed by atoms with Gasteiger partial charge in [-0.2, -0.15) is 0 Å². The van der Waals surface area contributed by atoms with E-state index in [9.17, 15) is 0 Å². The molecule has 0 bridgehead atoms. The lowest BCUT2D eigenvalue weighted by molar-refractivity contribution is 0.111. The third kappa shape index (κ3) is 0.671. The topological polar surface area (TPSA) is 9.23 Å². The van der Waals surface area contributed by atoms with Gasteiger partial charge in [0, 0.05) is 7.11 Å². The van der Waals surface area contributed by atoms with Gasteiger partial charge < -0.3 is 4.74 Å². The molecule has 0 aromatic heterocycles. The molecule has 0 N–H and O–H groups in total. The van der Waals surface area contributed by atoms with Crippen molar-refractivity contribution in [3.05, 3.63) is 12.2 Å². The smallest absolute Gasteiger partial charge is 0.0884 e. The zero-order chi connectivity index (χ0) is 6.20. The molecule has 46 valence electrons. The van der Waals surface area contributed by atoms with Crippen molar-refractivity contribution >= 4 is 0 Å². The second kappa shape index (κ2) is 1.59. The first-order valence-corrected chi connectivity index (χ1v) is 2.92. The molecular weight excluding hydrogens is 100 g/mol. The fraction of sp³-hybridized carbons (Fsp3) is 0.714. The van der Waals surface area contributed by atoms with Crippen LogP contribution in [0.4, 0.5) is 0 Å². The van der Waals surface area contributed by atoms with Gasteiger partial charge in [-0.05, 0) is 25.3 Å². The van der Waals surface area contributed by atoms with Crippen molar-refractivity contribution in [2.75, 3.05) is 7.11 Å². The molecule has 1 heteroatoms. The molecule has 0 radical (unpaired) electrons. The zero-order valence-electron chi connectivity index (χ0n) is 5.53. The maximum Gasteiger partial charge on any atom is 0.0884 e. The Hall–Kier alpha value is -0.300. The molecule has 0 aliphatic heterocycles. The van der Waals surface area contributed by atoms with Gasteiger partial charge in [0.2, 0.25) is 0 Å². The lowest BCUT2D eigenvalue weighted by Gasteiger charge is -2.10. The average molecular weight is 112 g/mol. The van der Waals surface area contributed by atoms with E-state index in [4.69, 9.17) is 4.74 Å². The van der Waals surface area contributed by atoms with Crippen LogP contribution in [0.15, 0.2) is 12.2 Å². The quantitative estimate of drug-likeness (QED) is 0.494. The minimum Gasteiger partial charge on any atom is -0.374 e. The fourth-order valence-electron chi connectivity index (χ4n) is 0.919. The van der Waals surface area contributed by atoms with Crippen molar-refractivity contribution < 1.29 is 4.74 Å². The lowest BCUT2D eigenvalue weighted by Crippen LogP contribution is -2.11. The maximum absolute atomic E-state index is 5.21. The number of methoxy groups -OCH3 is 1. The Kier molecular flexibility index (Phi) is 1.16. The molecule has 8 heavy (non-hydrogen) atoms. The van der Waals surface area contributed by atoms with Gasteiger partial charge >= 0.3 is 0 Å². The van der Waals surface area contributed by atoms with E-state index in [1.54, 1.807) is 7.11 Å². The van der Waals surface area contributed by atoms with Crippen LogP contribution in [0.5, 0.6) is 0 Å². The highest BCUT2D eigenvalue weighted by Gasteiger charge is 2.43. The molecule has 1 nitrogen and oxygen atoms in total. The second-order valence-electron chi connectivity index (χ2n) is 2.48. The molecule has 0 amide bonds. The van der Waals surface area contributed by atoms with Gasteiger partial charge in [0.25, 0.3) is 0 Å². The molecule has 0 atom stereocenters. The minimum atomic E-state index is 0.0972. The second-order valence-corrected chi connectivity index (χ2v) is 2.48.